The highest BCUT2D eigenvalue weighted by Gasteiger charge is 2.54. The second kappa shape index (κ2) is 14.7. The topological polar surface area (TPSA) is 57.5 Å². The number of carboxylic acids is 1. The summed E-state index contributed by atoms with van der Waals surface area (Å²) in [6.07, 6.45) is 8.36. The van der Waals surface area contributed by atoms with Crippen LogP contribution in [0, 0.1) is 27.6 Å². The van der Waals surface area contributed by atoms with E-state index in [1.165, 1.54) is 5.56 Å². The van der Waals surface area contributed by atoms with Gasteiger partial charge in [0.25, 0.3) is 0 Å². The van der Waals surface area contributed by atoms with Gasteiger partial charge in [0.05, 0.1) is 0 Å². The van der Waals surface area contributed by atoms with E-state index in [4.69, 9.17) is 0 Å². The number of rotatable bonds is 11. The molecule has 3 nitrogen and oxygen atoms in total. The monoisotopic (exact) mass is 657 g/mol. The summed E-state index contributed by atoms with van der Waals surface area (Å²) in [6.45, 7) is 31.1. The van der Waals surface area contributed by atoms with Crippen molar-refractivity contribution >= 4 is 11.5 Å². The summed E-state index contributed by atoms with van der Waals surface area (Å²) in [6, 6.07) is 17.0. The third-order valence-electron chi connectivity index (χ3n) is 10.6. The van der Waals surface area contributed by atoms with E-state index in [9.17, 15) is 15.0 Å². The maximum Gasteiger partial charge on any atom is 0.314 e. The molecule has 1 aliphatic rings. The van der Waals surface area contributed by atoms with Crippen LogP contribution in [-0.2, 0) is 10.4 Å². The molecular weight excluding hydrogens is 588 g/mol. The van der Waals surface area contributed by atoms with Crippen molar-refractivity contribution in [3.8, 4) is 0 Å². The van der Waals surface area contributed by atoms with E-state index in [-0.39, 0.29) is 22.7 Å². The van der Waals surface area contributed by atoms with Crippen molar-refractivity contribution in [1.29, 1.82) is 0 Å². The Hall–Kier alpha value is -2.65. The number of aliphatic hydroxyl groups is 1. The minimum absolute atomic E-state index is 0.0321. The van der Waals surface area contributed by atoms with Crippen molar-refractivity contribution in [2.24, 2.45) is 27.6 Å². The first kappa shape index (κ1) is 39.8. The van der Waals surface area contributed by atoms with Gasteiger partial charge in [-0.05, 0) is 85.3 Å². The first-order valence-corrected chi connectivity index (χ1v) is 18.6. The number of carboxylic acid groups (broad SMARTS) is 1. The van der Waals surface area contributed by atoms with Crippen LogP contribution in [-0.4, -0.2) is 16.2 Å². The first-order valence-electron chi connectivity index (χ1n) is 18.6. The van der Waals surface area contributed by atoms with Crippen molar-refractivity contribution in [2.75, 3.05) is 0 Å². The number of aliphatic carboxylic acids is 1. The molecule has 266 valence electrons. The Balaban J connectivity index is 2.65. The Morgan fingerprint density at radius 3 is 1.60 bits per heavy atom. The Labute approximate surface area is 294 Å². The lowest BCUT2D eigenvalue weighted by molar-refractivity contribution is -0.138. The standard InChI is InChI=1S/C45H68O3/c1-15-17-26-34(41(3,4)5)30-23-19-20-24-31(30)38-33(40(46)47)29-37(43(9,10)11)45(48,39(38)44(12,13)14)36-28-22-21-25-32(36)35(27-18-16-2)42(6,7)8/h19-25,28-29,33-35,48H,15-18,26-27H2,1-14H3,(H,46,47). The lowest BCUT2D eigenvalue weighted by Gasteiger charge is -2.50. The molecule has 0 spiro atoms. The quantitative estimate of drug-likeness (QED) is 0.237. The number of carbonyl (C=O) groups is 1. The molecule has 0 fully saturated rings. The molecule has 2 aromatic carbocycles. The van der Waals surface area contributed by atoms with E-state index in [0.29, 0.717) is 0 Å². The van der Waals surface area contributed by atoms with E-state index >= 15 is 0 Å². The molecule has 3 heteroatoms. The van der Waals surface area contributed by atoms with Gasteiger partial charge in [0.1, 0.15) is 11.5 Å². The molecule has 0 radical (unpaired) electrons. The molecule has 0 saturated carbocycles. The smallest absolute Gasteiger partial charge is 0.314 e. The fraction of sp³-hybridized carbons (Fsp3) is 0.622. The largest absolute Gasteiger partial charge is 0.481 e. The Bertz CT molecular complexity index is 1480. The summed E-state index contributed by atoms with van der Waals surface area (Å²) in [5.41, 5.74) is 3.87. The molecule has 3 rings (SSSR count). The van der Waals surface area contributed by atoms with E-state index in [2.05, 4.69) is 133 Å². The van der Waals surface area contributed by atoms with Crippen LogP contribution in [0.5, 0.6) is 0 Å². The lowest BCUT2D eigenvalue weighted by Crippen LogP contribution is -2.46. The Morgan fingerprint density at radius 1 is 0.708 bits per heavy atom. The number of unbranched alkanes of at least 4 members (excludes halogenated alkanes) is 2. The molecule has 0 saturated heterocycles. The maximum atomic E-state index is 14.0. The third-order valence-corrected chi connectivity index (χ3v) is 10.6. The van der Waals surface area contributed by atoms with Gasteiger partial charge in [0, 0.05) is 0 Å². The summed E-state index contributed by atoms with van der Waals surface area (Å²) in [5.74, 6) is -1.33. The van der Waals surface area contributed by atoms with Gasteiger partial charge in [0.15, 0.2) is 0 Å². The second-order valence-electron chi connectivity index (χ2n) is 18.7. The molecule has 0 amide bonds. The number of hydrogen-bond donors (Lipinski definition) is 2. The van der Waals surface area contributed by atoms with E-state index in [1.807, 2.05) is 18.2 Å². The zero-order chi connectivity index (χ0) is 36.5. The SMILES string of the molecule is CCCCC(c1ccccc1C1=C(C(C)(C)C)C(O)(c2ccccc2C(CCCC)C(C)(C)C)C(C(C)(C)C)=CC1C(=O)O)C(C)(C)C. The Morgan fingerprint density at radius 2 is 1.17 bits per heavy atom. The van der Waals surface area contributed by atoms with Crippen molar-refractivity contribution in [2.45, 2.75) is 153 Å². The van der Waals surface area contributed by atoms with Gasteiger partial charge in [-0.2, -0.15) is 0 Å². The van der Waals surface area contributed by atoms with E-state index < -0.39 is 28.3 Å². The zero-order valence-corrected chi connectivity index (χ0v) is 33.0. The number of benzene rings is 2. The van der Waals surface area contributed by atoms with Gasteiger partial charge in [-0.25, -0.2) is 0 Å². The molecule has 1 aliphatic carbocycles. The van der Waals surface area contributed by atoms with Gasteiger partial charge in [0.2, 0.25) is 0 Å². The van der Waals surface area contributed by atoms with Crippen LogP contribution >= 0.6 is 0 Å². The highest BCUT2D eigenvalue weighted by atomic mass is 16.4. The molecule has 4 unspecified atom stereocenters. The molecule has 0 aliphatic heterocycles. The molecule has 0 heterocycles. The van der Waals surface area contributed by atoms with E-state index in [0.717, 1.165) is 71.9 Å². The molecule has 2 N–H and O–H groups in total. The summed E-state index contributed by atoms with van der Waals surface area (Å²) < 4.78 is 0. The zero-order valence-electron chi connectivity index (χ0n) is 33.0. The molecule has 4 atom stereocenters. The molecule has 0 aromatic heterocycles. The van der Waals surface area contributed by atoms with Gasteiger partial charge < -0.3 is 10.2 Å². The fourth-order valence-corrected chi connectivity index (χ4v) is 8.47. The Kier molecular flexibility index (Phi) is 12.2. The average molecular weight is 657 g/mol. The van der Waals surface area contributed by atoms with Crippen LogP contribution in [0.1, 0.15) is 170 Å². The van der Waals surface area contributed by atoms with Crippen LogP contribution in [0.25, 0.3) is 5.57 Å². The highest BCUT2D eigenvalue weighted by molar-refractivity contribution is 5.94. The van der Waals surface area contributed by atoms with Gasteiger partial charge >= 0.3 is 5.97 Å². The molecule has 0 bridgehead atoms. The number of hydrogen-bond acceptors (Lipinski definition) is 2. The van der Waals surface area contributed by atoms with Gasteiger partial charge in [-0.3, -0.25) is 4.79 Å². The van der Waals surface area contributed by atoms with Crippen molar-refractivity contribution < 1.29 is 15.0 Å². The van der Waals surface area contributed by atoms with Gasteiger partial charge in [-0.1, -0.05) is 177 Å². The van der Waals surface area contributed by atoms with Crippen molar-refractivity contribution in [3.63, 3.8) is 0 Å². The maximum absolute atomic E-state index is 14.0. The van der Waals surface area contributed by atoms with Crippen LogP contribution in [0.2, 0.25) is 0 Å². The van der Waals surface area contributed by atoms with Crippen molar-refractivity contribution in [3.05, 3.63) is 88.0 Å². The first-order chi connectivity index (χ1) is 22.0. The highest BCUT2D eigenvalue weighted by Crippen LogP contribution is 2.60. The molecule has 2 aromatic rings. The third kappa shape index (κ3) is 8.20. The van der Waals surface area contributed by atoms with E-state index in [1.54, 1.807) is 0 Å². The van der Waals surface area contributed by atoms with Crippen molar-refractivity contribution in [1.82, 2.24) is 0 Å². The summed E-state index contributed by atoms with van der Waals surface area (Å²) in [7, 11) is 0. The van der Waals surface area contributed by atoms with Gasteiger partial charge in [-0.15, -0.1) is 0 Å². The minimum Gasteiger partial charge on any atom is -0.481 e. The van der Waals surface area contributed by atoms with Crippen LogP contribution in [0.15, 0.2) is 65.8 Å². The predicted molar refractivity (Wildman–Crippen MR) is 205 cm³/mol. The van der Waals surface area contributed by atoms with Crippen LogP contribution in [0.3, 0.4) is 0 Å². The summed E-state index contributed by atoms with van der Waals surface area (Å²) >= 11 is 0. The normalized spacial score (nSPS) is 20.8. The van der Waals surface area contributed by atoms with Crippen LogP contribution in [0.4, 0.5) is 0 Å². The average Bonchev–Trinajstić information content (AvgIpc) is 2.95. The molecule has 48 heavy (non-hydrogen) atoms. The van der Waals surface area contributed by atoms with Crippen LogP contribution < -0.4 is 0 Å². The second-order valence-corrected chi connectivity index (χ2v) is 18.7. The fourth-order valence-electron chi connectivity index (χ4n) is 8.47. The minimum atomic E-state index is -1.52. The summed E-state index contributed by atoms with van der Waals surface area (Å²) in [4.78, 5) is 13.5. The predicted octanol–water partition coefficient (Wildman–Crippen LogP) is 12.7. The lowest BCUT2D eigenvalue weighted by atomic mass is 9.56. The molecular formula is C45H68O3. The summed E-state index contributed by atoms with van der Waals surface area (Å²) in [5, 5.41) is 25.1.